The zero-order valence-electron chi connectivity index (χ0n) is 7.46. The SMILES string of the molecule is COP([O-])(=S)NCC(C)C.[Na+]. The minimum absolute atomic E-state index is 0. The molecule has 0 heterocycles. The van der Waals surface area contributed by atoms with Gasteiger partial charge in [-0.3, -0.25) is 5.09 Å². The van der Waals surface area contributed by atoms with Crippen molar-refractivity contribution in [3.05, 3.63) is 0 Å². The van der Waals surface area contributed by atoms with E-state index in [1.54, 1.807) is 0 Å². The fourth-order valence-electron chi connectivity index (χ4n) is 0.359. The van der Waals surface area contributed by atoms with Gasteiger partial charge < -0.3 is 9.42 Å². The van der Waals surface area contributed by atoms with Gasteiger partial charge in [0.1, 0.15) is 0 Å². The maximum absolute atomic E-state index is 11.0. The summed E-state index contributed by atoms with van der Waals surface area (Å²) in [4.78, 5) is 11.0. The summed E-state index contributed by atoms with van der Waals surface area (Å²) in [6.45, 7) is 1.76. The maximum atomic E-state index is 11.0. The van der Waals surface area contributed by atoms with Crippen molar-refractivity contribution in [1.82, 2.24) is 5.09 Å². The van der Waals surface area contributed by atoms with E-state index in [4.69, 9.17) is 0 Å². The van der Waals surface area contributed by atoms with Crippen LogP contribution in [0.15, 0.2) is 0 Å². The van der Waals surface area contributed by atoms with Crippen molar-refractivity contribution in [3.63, 3.8) is 0 Å². The van der Waals surface area contributed by atoms with Gasteiger partial charge in [-0.05, 0) is 5.92 Å². The van der Waals surface area contributed by atoms with E-state index in [0.717, 1.165) is 0 Å². The first kappa shape index (κ1) is 15.0. The summed E-state index contributed by atoms with van der Waals surface area (Å²) in [5, 5.41) is 2.66. The number of hydrogen-bond acceptors (Lipinski definition) is 3. The predicted molar refractivity (Wildman–Crippen MR) is 44.1 cm³/mol. The van der Waals surface area contributed by atoms with Gasteiger partial charge in [0.2, 0.25) is 0 Å². The summed E-state index contributed by atoms with van der Waals surface area (Å²) >= 11 is 4.59. The van der Waals surface area contributed by atoms with E-state index in [-0.39, 0.29) is 29.6 Å². The first-order chi connectivity index (χ1) is 4.48. The molecule has 0 bridgehead atoms. The molecule has 0 aliphatic carbocycles. The van der Waals surface area contributed by atoms with Crippen molar-refractivity contribution in [2.45, 2.75) is 13.8 Å². The van der Waals surface area contributed by atoms with Gasteiger partial charge in [-0.25, -0.2) is 0 Å². The molecule has 0 rings (SSSR count). The summed E-state index contributed by atoms with van der Waals surface area (Å²) < 4.78 is 4.55. The van der Waals surface area contributed by atoms with Gasteiger partial charge in [0, 0.05) is 13.7 Å². The van der Waals surface area contributed by atoms with E-state index in [2.05, 4.69) is 21.4 Å². The minimum Gasteiger partial charge on any atom is -0.789 e. The summed E-state index contributed by atoms with van der Waals surface area (Å²) in [5.41, 5.74) is 0. The molecule has 0 aliphatic heterocycles. The van der Waals surface area contributed by atoms with Crippen molar-refractivity contribution in [2.24, 2.45) is 5.92 Å². The Morgan fingerprint density at radius 1 is 1.64 bits per heavy atom. The van der Waals surface area contributed by atoms with Crippen LogP contribution >= 0.6 is 6.64 Å². The Hall–Kier alpha value is 1.53. The molecule has 0 aromatic carbocycles. The molecule has 1 N–H and O–H groups in total. The van der Waals surface area contributed by atoms with Crippen LogP contribution in [0.5, 0.6) is 0 Å². The molecule has 62 valence electrons. The normalized spacial score (nSPS) is 15.7. The number of nitrogens with one attached hydrogen (secondary N) is 1. The molecule has 1 unspecified atom stereocenters. The van der Waals surface area contributed by atoms with E-state index in [9.17, 15) is 4.89 Å². The van der Waals surface area contributed by atoms with E-state index in [0.29, 0.717) is 12.5 Å². The summed E-state index contributed by atoms with van der Waals surface area (Å²) in [5.74, 6) is 0.437. The molecular weight excluding hydrogens is 192 g/mol. The van der Waals surface area contributed by atoms with E-state index >= 15 is 0 Å². The Morgan fingerprint density at radius 3 is 2.36 bits per heavy atom. The van der Waals surface area contributed by atoms with Gasteiger partial charge in [-0.1, -0.05) is 25.7 Å². The minimum atomic E-state index is -2.89. The van der Waals surface area contributed by atoms with E-state index in [1.807, 2.05) is 13.8 Å². The van der Waals surface area contributed by atoms with Crippen molar-refractivity contribution in [3.8, 4) is 0 Å². The van der Waals surface area contributed by atoms with Crippen LogP contribution in [0, 0.1) is 5.92 Å². The van der Waals surface area contributed by atoms with Crippen LogP contribution in [-0.4, -0.2) is 13.7 Å². The van der Waals surface area contributed by atoms with Gasteiger partial charge in [-0.15, -0.1) is 0 Å². The van der Waals surface area contributed by atoms with Crippen LogP contribution in [0.25, 0.3) is 0 Å². The summed E-state index contributed by atoms with van der Waals surface area (Å²) in [7, 11) is 1.35. The van der Waals surface area contributed by atoms with Gasteiger partial charge in [0.05, 0.1) is 6.64 Å². The number of hydrogen-bond donors (Lipinski definition) is 1. The molecule has 0 fully saturated rings. The Bertz CT molecular complexity index is 144. The van der Waals surface area contributed by atoms with Crippen LogP contribution in [0.2, 0.25) is 0 Å². The topological polar surface area (TPSA) is 44.3 Å². The van der Waals surface area contributed by atoms with E-state index in [1.165, 1.54) is 7.11 Å². The van der Waals surface area contributed by atoms with Crippen LogP contribution in [0.4, 0.5) is 0 Å². The molecule has 0 amide bonds. The number of rotatable bonds is 4. The Labute approximate surface area is 95.4 Å². The Balaban J connectivity index is 0. The van der Waals surface area contributed by atoms with Crippen molar-refractivity contribution < 1.29 is 39.0 Å². The average Bonchev–Trinajstić information content (AvgIpc) is 1.85. The van der Waals surface area contributed by atoms with Gasteiger partial charge in [0.15, 0.2) is 0 Å². The van der Waals surface area contributed by atoms with Crippen molar-refractivity contribution >= 4 is 18.4 Å². The molecule has 0 aromatic rings. The molecule has 0 spiro atoms. The monoisotopic (exact) mass is 205 g/mol. The first-order valence-electron chi connectivity index (χ1n) is 3.10. The molecule has 0 saturated carbocycles. The quantitative estimate of drug-likeness (QED) is 0.406. The van der Waals surface area contributed by atoms with Crippen molar-refractivity contribution in [2.75, 3.05) is 13.7 Å². The smallest absolute Gasteiger partial charge is 0.789 e. The van der Waals surface area contributed by atoms with Crippen LogP contribution in [-0.2, 0) is 16.3 Å². The molecule has 0 radical (unpaired) electrons. The predicted octanol–water partition coefficient (Wildman–Crippen LogP) is -2.53. The molecular formula is C5H13NNaO2PS. The summed E-state index contributed by atoms with van der Waals surface area (Å²) in [6, 6.07) is 0. The van der Waals surface area contributed by atoms with Crippen molar-refractivity contribution in [1.29, 1.82) is 0 Å². The third-order valence-corrected chi connectivity index (χ3v) is 2.82. The van der Waals surface area contributed by atoms with Gasteiger partial charge >= 0.3 is 29.6 Å². The molecule has 0 aromatic heterocycles. The van der Waals surface area contributed by atoms with Gasteiger partial charge in [0.25, 0.3) is 0 Å². The second-order valence-corrected chi connectivity index (χ2v) is 5.55. The largest absolute Gasteiger partial charge is 1.00 e. The molecule has 0 aliphatic rings. The zero-order chi connectivity index (χ0) is 8.20. The standard InChI is InChI=1S/C5H14NO2PS.Na/c1-5(2)4-6-9(7,10)8-3;/h5H,4H2,1-3H3,(H2,6,7,10);/q;+1/p-1. The Kier molecular flexibility index (Phi) is 9.54. The van der Waals surface area contributed by atoms with Crippen LogP contribution in [0.3, 0.4) is 0 Å². The fraction of sp³-hybridized carbons (Fsp3) is 1.00. The maximum Gasteiger partial charge on any atom is 1.00 e. The molecule has 0 saturated heterocycles. The summed E-state index contributed by atoms with van der Waals surface area (Å²) in [6.07, 6.45) is 0. The second kappa shape index (κ2) is 6.98. The van der Waals surface area contributed by atoms with E-state index < -0.39 is 6.64 Å². The fourth-order valence-corrected chi connectivity index (χ4v) is 1.30. The molecule has 3 nitrogen and oxygen atoms in total. The molecule has 6 heteroatoms. The third-order valence-electron chi connectivity index (χ3n) is 0.934. The van der Waals surface area contributed by atoms with Crippen LogP contribution in [0.1, 0.15) is 13.8 Å². The third kappa shape index (κ3) is 9.44. The molecule has 11 heavy (non-hydrogen) atoms. The van der Waals surface area contributed by atoms with Crippen LogP contribution < -0.4 is 39.5 Å². The second-order valence-electron chi connectivity index (χ2n) is 2.44. The van der Waals surface area contributed by atoms with Gasteiger partial charge in [-0.2, -0.15) is 0 Å². The average molecular weight is 205 g/mol. The first-order valence-corrected chi connectivity index (χ1v) is 5.73. The molecule has 1 atom stereocenters. The zero-order valence-corrected chi connectivity index (χ0v) is 11.2. The Morgan fingerprint density at radius 2 is 2.09 bits per heavy atom.